The number of thiocarbonyl (C=S) groups is 1. The second kappa shape index (κ2) is 10.1. The van der Waals surface area contributed by atoms with Crippen LogP contribution in [0.1, 0.15) is 50.2 Å². The minimum atomic E-state index is -1.08. The Bertz CT molecular complexity index is 1400. The lowest BCUT2D eigenvalue weighted by atomic mass is 9.89. The number of hydrogen-bond donors (Lipinski definition) is 1. The summed E-state index contributed by atoms with van der Waals surface area (Å²) in [6.45, 7) is 4.07. The fourth-order valence-corrected chi connectivity index (χ4v) is 6.77. The minimum Gasteiger partial charge on any atom is -0.480 e. The first kappa shape index (κ1) is 24.5. The van der Waals surface area contributed by atoms with Gasteiger partial charge in [-0.1, -0.05) is 86.7 Å². The van der Waals surface area contributed by atoms with Gasteiger partial charge < -0.3 is 10.0 Å². The van der Waals surface area contributed by atoms with Gasteiger partial charge >= 0.3 is 5.97 Å². The molecule has 2 aliphatic rings. The van der Waals surface area contributed by atoms with Gasteiger partial charge in [-0.2, -0.15) is 0 Å². The molecule has 2 atom stereocenters. The number of carbonyl (C=O) groups is 2. The monoisotopic (exact) mass is 516 g/mol. The number of rotatable bonds is 7. The van der Waals surface area contributed by atoms with Crippen molar-refractivity contribution < 1.29 is 14.7 Å². The first-order valence-corrected chi connectivity index (χ1v) is 13.5. The Balaban J connectivity index is 1.57. The van der Waals surface area contributed by atoms with Crippen molar-refractivity contribution in [1.82, 2.24) is 4.90 Å². The number of anilines is 2. The van der Waals surface area contributed by atoms with E-state index in [1.165, 1.54) is 27.7 Å². The lowest BCUT2D eigenvalue weighted by Gasteiger charge is -2.31. The van der Waals surface area contributed by atoms with Crippen molar-refractivity contribution in [3.05, 3.63) is 76.7 Å². The number of carboxylic acid groups (broad SMARTS) is 1. The average Bonchev–Trinajstić information content (AvgIpc) is 3.31. The molecule has 1 saturated heterocycles. The average molecular weight is 517 g/mol. The summed E-state index contributed by atoms with van der Waals surface area (Å²) in [6, 6.07) is 21.8. The predicted octanol–water partition coefficient (Wildman–Crippen LogP) is 6.94. The molecule has 0 radical (unpaired) electrons. The second-order valence-corrected chi connectivity index (χ2v) is 10.9. The van der Waals surface area contributed by atoms with Crippen LogP contribution in [0.3, 0.4) is 0 Å². The minimum absolute atomic E-state index is 0.284. The highest BCUT2D eigenvalue weighted by Crippen LogP contribution is 2.50. The van der Waals surface area contributed by atoms with Crippen molar-refractivity contribution in [2.45, 2.75) is 45.1 Å². The third-order valence-electron chi connectivity index (χ3n) is 7.02. The number of nitrogens with zero attached hydrogens (tertiary/aromatic N) is 2. The Kier molecular flexibility index (Phi) is 6.86. The number of hydrogen-bond acceptors (Lipinski definition) is 5. The van der Waals surface area contributed by atoms with E-state index in [1.807, 2.05) is 12.1 Å². The fraction of sp³-hybridized carbons (Fsp3) is 0.276. The van der Waals surface area contributed by atoms with E-state index < -0.39 is 12.5 Å². The maximum atomic E-state index is 12.8. The standard InChI is InChI=1S/C29H28N2O3S2/c1-3-8-23-20(4-2)22-15-18(16-26-28(34)30(17-27(32)33)29(35)36-26)13-14-25(22)31(23)24-12-7-10-19-9-5-6-11-21(19)24/h5-7,9-16,20,23H,3-4,8,17H2,1-2H3,(H,32,33)/b26-16-. The number of fused-ring (bicyclic) bond motifs is 2. The van der Waals surface area contributed by atoms with Crippen LogP contribution in [0.4, 0.5) is 11.4 Å². The molecule has 7 heteroatoms. The van der Waals surface area contributed by atoms with E-state index in [9.17, 15) is 9.59 Å². The number of aliphatic carboxylic acids is 1. The van der Waals surface area contributed by atoms with Crippen LogP contribution in [0.15, 0.2) is 65.6 Å². The number of benzene rings is 3. The summed E-state index contributed by atoms with van der Waals surface area (Å²) in [4.78, 5) is 28.1. The molecular formula is C29H28N2O3S2. The maximum absolute atomic E-state index is 12.8. The molecule has 0 aromatic heterocycles. The highest BCUT2D eigenvalue weighted by molar-refractivity contribution is 8.26. The molecule has 0 spiro atoms. The lowest BCUT2D eigenvalue weighted by Crippen LogP contribution is -2.33. The molecule has 2 unspecified atom stereocenters. The van der Waals surface area contributed by atoms with Crippen LogP contribution in [-0.4, -0.2) is 38.8 Å². The topological polar surface area (TPSA) is 60.9 Å². The lowest BCUT2D eigenvalue weighted by molar-refractivity contribution is -0.140. The van der Waals surface area contributed by atoms with Gasteiger partial charge in [0.25, 0.3) is 5.91 Å². The van der Waals surface area contributed by atoms with E-state index in [1.54, 1.807) is 0 Å². The highest BCUT2D eigenvalue weighted by atomic mass is 32.2. The smallest absolute Gasteiger partial charge is 0.323 e. The first-order valence-electron chi connectivity index (χ1n) is 12.3. The third-order valence-corrected chi connectivity index (χ3v) is 8.40. The Morgan fingerprint density at radius 2 is 1.86 bits per heavy atom. The summed E-state index contributed by atoms with van der Waals surface area (Å²) < 4.78 is 0.284. The van der Waals surface area contributed by atoms with Gasteiger partial charge in [0.05, 0.1) is 4.91 Å². The van der Waals surface area contributed by atoms with Crippen LogP contribution in [0.25, 0.3) is 16.8 Å². The number of thioether (sulfide) groups is 1. The van der Waals surface area contributed by atoms with Crippen molar-refractivity contribution in [3.8, 4) is 0 Å². The van der Waals surface area contributed by atoms with Gasteiger partial charge in [0.1, 0.15) is 10.9 Å². The molecule has 0 bridgehead atoms. The Hall–Kier alpha value is -3.16. The Morgan fingerprint density at radius 3 is 2.61 bits per heavy atom. The van der Waals surface area contributed by atoms with Gasteiger partial charge in [-0.15, -0.1) is 0 Å². The highest BCUT2D eigenvalue weighted by Gasteiger charge is 2.38. The van der Waals surface area contributed by atoms with Crippen molar-refractivity contribution >= 4 is 68.4 Å². The van der Waals surface area contributed by atoms with E-state index in [0.717, 1.165) is 41.5 Å². The number of carboxylic acids is 1. The Labute approximate surface area is 220 Å². The summed E-state index contributed by atoms with van der Waals surface area (Å²) in [6.07, 6.45) is 5.03. The molecule has 3 aromatic carbocycles. The molecule has 0 saturated carbocycles. The van der Waals surface area contributed by atoms with Gasteiger partial charge in [0.15, 0.2) is 0 Å². The molecule has 2 aliphatic heterocycles. The van der Waals surface area contributed by atoms with E-state index in [-0.39, 0.29) is 10.2 Å². The van der Waals surface area contributed by atoms with Gasteiger partial charge in [-0.05, 0) is 53.6 Å². The zero-order valence-corrected chi connectivity index (χ0v) is 21.9. The molecule has 5 rings (SSSR count). The van der Waals surface area contributed by atoms with Crippen LogP contribution >= 0.6 is 24.0 Å². The summed E-state index contributed by atoms with van der Waals surface area (Å²) in [5.74, 6) is -1.05. The van der Waals surface area contributed by atoms with Crippen molar-refractivity contribution in [2.24, 2.45) is 0 Å². The van der Waals surface area contributed by atoms with Crippen LogP contribution < -0.4 is 4.90 Å². The van der Waals surface area contributed by atoms with E-state index in [2.05, 4.69) is 73.3 Å². The normalized spacial score (nSPS) is 20.6. The third kappa shape index (κ3) is 4.31. The molecule has 1 N–H and O–H groups in total. The zero-order chi connectivity index (χ0) is 25.4. The number of amides is 1. The summed E-state index contributed by atoms with van der Waals surface area (Å²) in [7, 11) is 0. The van der Waals surface area contributed by atoms with E-state index in [4.69, 9.17) is 17.3 Å². The van der Waals surface area contributed by atoms with Crippen LogP contribution in [-0.2, 0) is 9.59 Å². The van der Waals surface area contributed by atoms with E-state index >= 15 is 0 Å². The van der Waals surface area contributed by atoms with Crippen molar-refractivity contribution in [2.75, 3.05) is 11.4 Å². The van der Waals surface area contributed by atoms with Crippen molar-refractivity contribution in [1.29, 1.82) is 0 Å². The molecule has 5 nitrogen and oxygen atoms in total. The Morgan fingerprint density at radius 1 is 1.08 bits per heavy atom. The predicted molar refractivity (Wildman–Crippen MR) is 152 cm³/mol. The molecule has 0 aliphatic carbocycles. The molecule has 2 heterocycles. The van der Waals surface area contributed by atoms with Crippen molar-refractivity contribution in [3.63, 3.8) is 0 Å². The maximum Gasteiger partial charge on any atom is 0.323 e. The molecule has 3 aromatic rings. The quantitative estimate of drug-likeness (QED) is 0.271. The van der Waals surface area contributed by atoms with Gasteiger partial charge in [0, 0.05) is 28.7 Å². The van der Waals surface area contributed by atoms with Gasteiger partial charge in [-0.25, -0.2) is 0 Å². The summed E-state index contributed by atoms with van der Waals surface area (Å²) in [5, 5.41) is 11.6. The fourth-order valence-electron chi connectivity index (χ4n) is 5.51. The summed E-state index contributed by atoms with van der Waals surface area (Å²) in [5.41, 5.74) is 4.66. The van der Waals surface area contributed by atoms with Gasteiger partial charge in [-0.3, -0.25) is 14.5 Å². The molecule has 1 amide bonds. The molecule has 184 valence electrons. The summed E-state index contributed by atoms with van der Waals surface area (Å²) >= 11 is 6.42. The van der Waals surface area contributed by atoms with E-state index in [0.29, 0.717) is 16.9 Å². The number of carbonyl (C=O) groups excluding carboxylic acids is 1. The molecule has 1 fully saturated rings. The SMILES string of the molecule is CCCC1C(CC)c2cc(/C=C3\SC(=S)N(CC(=O)O)C3=O)ccc2N1c1cccc2ccccc12. The second-order valence-electron chi connectivity index (χ2n) is 9.22. The van der Waals surface area contributed by atoms with Crippen LogP contribution in [0.2, 0.25) is 0 Å². The first-order chi connectivity index (χ1) is 17.4. The molecule has 36 heavy (non-hydrogen) atoms. The van der Waals surface area contributed by atoms with Gasteiger partial charge in [0.2, 0.25) is 0 Å². The zero-order valence-electron chi connectivity index (χ0n) is 20.3. The van der Waals surface area contributed by atoms with Crippen LogP contribution in [0, 0.1) is 0 Å². The van der Waals surface area contributed by atoms with Crippen LogP contribution in [0.5, 0.6) is 0 Å². The molecular weight excluding hydrogens is 488 g/mol. The largest absolute Gasteiger partial charge is 0.480 e.